The van der Waals surface area contributed by atoms with Crippen molar-refractivity contribution < 1.29 is 19.4 Å². The minimum atomic E-state index is -0.909. The maximum atomic E-state index is 12.7. The van der Waals surface area contributed by atoms with Gasteiger partial charge in [0.25, 0.3) is 5.91 Å². The number of carboxylic acid groups (broad SMARTS) is 1. The Morgan fingerprint density at radius 1 is 1.19 bits per heavy atom. The van der Waals surface area contributed by atoms with Gasteiger partial charge in [-0.25, -0.2) is 0 Å². The van der Waals surface area contributed by atoms with E-state index >= 15 is 0 Å². The van der Waals surface area contributed by atoms with E-state index in [1.165, 1.54) is 11.8 Å². The van der Waals surface area contributed by atoms with Crippen LogP contribution in [-0.2, 0) is 16.1 Å². The van der Waals surface area contributed by atoms with E-state index in [0.717, 1.165) is 11.1 Å². The standard InChI is InChI=1S/C20H17NO4S2/c22-18(23)9-10-25-16-8-4-7-15(11-16)12-17-19(24)21(20(26)27-17)13-14-5-2-1-3-6-14/h1-8,11-12H,9-10,13H2,(H,22,23)/b17-12+. The molecular formula is C20H17NO4S2. The fourth-order valence-electron chi connectivity index (χ4n) is 2.50. The van der Waals surface area contributed by atoms with Crippen LogP contribution >= 0.6 is 24.0 Å². The van der Waals surface area contributed by atoms with Crippen LogP contribution in [0.4, 0.5) is 0 Å². The Morgan fingerprint density at radius 2 is 1.96 bits per heavy atom. The Hall–Kier alpha value is -2.64. The van der Waals surface area contributed by atoms with E-state index < -0.39 is 5.97 Å². The first-order valence-electron chi connectivity index (χ1n) is 8.27. The van der Waals surface area contributed by atoms with Crippen LogP contribution in [0.1, 0.15) is 17.5 Å². The first-order chi connectivity index (χ1) is 13.0. The number of amides is 1. The topological polar surface area (TPSA) is 66.8 Å². The van der Waals surface area contributed by atoms with E-state index in [9.17, 15) is 9.59 Å². The molecule has 1 saturated heterocycles. The summed E-state index contributed by atoms with van der Waals surface area (Å²) in [7, 11) is 0. The van der Waals surface area contributed by atoms with Gasteiger partial charge in [-0.2, -0.15) is 0 Å². The average Bonchev–Trinajstić information content (AvgIpc) is 2.90. The second-order valence-electron chi connectivity index (χ2n) is 5.82. The molecule has 3 rings (SSSR count). The van der Waals surface area contributed by atoms with Crippen molar-refractivity contribution in [2.75, 3.05) is 6.61 Å². The number of ether oxygens (including phenoxy) is 1. The van der Waals surface area contributed by atoms with Gasteiger partial charge in [0, 0.05) is 0 Å². The number of carbonyl (C=O) groups is 2. The molecule has 27 heavy (non-hydrogen) atoms. The second kappa shape index (κ2) is 8.83. The number of thioether (sulfide) groups is 1. The summed E-state index contributed by atoms with van der Waals surface area (Å²) in [6.45, 7) is 0.541. The highest BCUT2D eigenvalue weighted by Gasteiger charge is 2.31. The van der Waals surface area contributed by atoms with E-state index in [0.29, 0.717) is 21.5 Å². The number of hydrogen-bond donors (Lipinski definition) is 1. The number of carboxylic acids is 1. The molecule has 138 valence electrons. The largest absolute Gasteiger partial charge is 0.493 e. The summed E-state index contributed by atoms with van der Waals surface area (Å²) in [4.78, 5) is 25.4. The summed E-state index contributed by atoms with van der Waals surface area (Å²) >= 11 is 6.64. The monoisotopic (exact) mass is 399 g/mol. The third-order valence-corrected chi connectivity index (χ3v) is 5.18. The van der Waals surface area contributed by atoms with Crippen LogP contribution in [0.15, 0.2) is 59.5 Å². The molecule has 5 nitrogen and oxygen atoms in total. The molecule has 2 aromatic rings. The number of rotatable bonds is 7. The van der Waals surface area contributed by atoms with Crippen LogP contribution in [0, 0.1) is 0 Å². The third kappa shape index (κ3) is 5.18. The molecule has 1 heterocycles. The highest BCUT2D eigenvalue weighted by molar-refractivity contribution is 8.26. The highest BCUT2D eigenvalue weighted by atomic mass is 32.2. The van der Waals surface area contributed by atoms with Crippen molar-refractivity contribution in [1.29, 1.82) is 0 Å². The van der Waals surface area contributed by atoms with Crippen molar-refractivity contribution in [2.24, 2.45) is 0 Å². The number of aliphatic carboxylic acids is 1. The minimum absolute atomic E-state index is 0.0671. The van der Waals surface area contributed by atoms with Crippen LogP contribution in [0.5, 0.6) is 5.75 Å². The van der Waals surface area contributed by atoms with Gasteiger partial charge in [-0.3, -0.25) is 14.5 Å². The molecule has 0 saturated carbocycles. The number of nitrogens with zero attached hydrogens (tertiary/aromatic N) is 1. The lowest BCUT2D eigenvalue weighted by Crippen LogP contribution is -2.27. The fourth-order valence-corrected chi connectivity index (χ4v) is 3.76. The molecule has 1 aliphatic rings. The van der Waals surface area contributed by atoms with Crippen molar-refractivity contribution in [3.8, 4) is 5.75 Å². The molecular weight excluding hydrogens is 382 g/mol. The summed E-state index contributed by atoms with van der Waals surface area (Å²) in [5.74, 6) is -0.468. The lowest BCUT2D eigenvalue weighted by Gasteiger charge is -2.14. The quantitative estimate of drug-likeness (QED) is 0.562. The molecule has 0 bridgehead atoms. The van der Waals surface area contributed by atoms with Crippen molar-refractivity contribution in [1.82, 2.24) is 4.90 Å². The van der Waals surface area contributed by atoms with Crippen LogP contribution in [0.25, 0.3) is 6.08 Å². The minimum Gasteiger partial charge on any atom is -0.493 e. The molecule has 0 unspecified atom stereocenters. The van der Waals surface area contributed by atoms with Crippen molar-refractivity contribution in [2.45, 2.75) is 13.0 Å². The Morgan fingerprint density at radius 3 is 2.70 bits per heavy atom. The zero-order valence-electron chi connectivity index (χ0n) is 14.3. The van der Waals surface area contributed by atoms with Crippen LogP contribution < -0.4 is 4.74 Å². The van der Waals surface area contributed by atoms with E-state index in [1.807, 2.05) is 36.4 Å². The summed E-state index contributed by atoms with van der Waals surface area (Å²) in [5.41, 5.74) is 1.81. The summed E-state index contributed by atoms with van der Waals surface area (Å²) in [6.07, 6.45) is 1.71. The van der Waals surface area contributed by atoms with Gasteiger partial charge in [0.1, 0.15) is 10.1 Å². The zero-order chi connectivity index (χ0) is 19.2. The zero-order valence-corrected chi connectivity index (χ0v) is 16.0. The molecule has 1 fully saturated rings. The third-order valence-electron chi connectivity index (χ3n) is 3.80. The SMILES string of the molecule is O=C(O)CCOc1cccc(/C=C2/SC(=S)N(Cc3ccccc3)C2=O)c1. The number of carbonyl (C=O) groups excluding carboxylic acids is 1. The lowest BCUT2D eigenvalue weighted by molar-refractivity contribution is -0.137. The smallest absolute Gasteiger partial charge is 0.306 e. The molecule has 1 N–H and O–H groups in total. The van der Waals surface area contributed by atoms with Gasteiger partial charge >= 0.3 is 5.97 Å². The Balaban J connectivity index is 1.71. The van der Waals surface area contributed by atoms with Crippen molar-refractivity contribution in [3.63, 3.8) is 0 Å². The second-order valence-corrected chi connectivity index (χ2v) is 7.49. The first-order valence-corrected chi connectivity index (χ1v) is 9.49. The molecule has 1 amide bonds. The molecule has 0 atom stereocenters. The average molecular weight is 399 g/mol. The van der Waals surface area contributed by atoms with Gasteiger partial charge in [0.15, 0.2) is 0 Å². The molecule has 0 spiro atoms. The molecule has 2 aromatic carbocycles. The molecule has 7 heteroatoms. The molecule has 0 aliphatic carbocycles. The number of thiocarbonyl (C=S) groups is 1. The lowest BCUT2D eigenvalue weighted by atomic mass is 10.2. The Kier molecular flexibility index (Phi) is 6.26. The predicted molar refractivity (Wildman–Crippen MR) is 109 cm³/mol. The molecule has 1 aliphatic heterocycles. The van der Waals surface area contributed by atoms with E-state index in [1.54, 1.807) is 29.2 Å². The van der Waals surface area contributed by atoms with Gasteiger partial charge in [0.05, 0.1) is 24.5 Å². The van der Waals surface area contributed by atoms with Gasteiger partial charge in [0.2, 0.25) is 0 Å². The Labute approximate surface area is 166 Å². The van der Waals surface area contributed by atoms with Gasteiger partial charge in [-0.05, 0) is 29.3 Å². The summed E-state index contributed by atoms with van der Waals surface area (Å²) in [5, 5.41) is 8.67. The maximum absolute atomic E-state index is 12.7. The normalized spacial score (nSPS) is 15.4. The molecule has 0 radical (unpaired) electrons. The van der Waals surface area contributed by atoms with Gasteiger partial charge in [-0.15, -0.1) is 0 Å². The van der Waals surface area contributed by atoms with Crippen LogP contribution in [-0.4, -0.2) is 32.8 Å². The van der Waals surface area contributed by atoms with Gasteiger partial charge < -0.3 is 9.84 Å². The first kappa shape index (κ1) is 19.1. The Bertz CT molecular complexity index is 896. The summed E-state index contributed by atoms with van der Waals surface area (Å²) in [6, 6.07) is 16.9. The van der Waals surface area contributed by atoms with Crippen molar-refractivity contribution in [3.05, 3.63) is 70.6 Å². The number of benzene rings is 2. The van der Waals surface area contributed by atoms with Gasteiger partial charge in [-0.1, -0.05) is 66.4 Å². The maximum Gasteiger partial charge on any atom is 0.306 e. The fraction of sp³-hybridized carbons (Fsp3) is 0.150. The van der Waals surface area contributed by atoms with E-state index in [-0.39, 0.29) is 18.9 Å². The van der Waals surface area contributed by atoms with E-state index in [2.05, 4.69) is 0 Å². The molecule has 0 aromatic heterocycles. The summed E-state index contributed by atoms with van der Waals surface area (Å²) < 4.78 is 5.96. The van der Waals surface area contributed by atoms with E-state index in [4.69, 9.17) is 22.1 Å². The van der Waals surface area contributed by atoms with Crippen LogP contribution in [0.3, 0.4) is 0 Å². The van der Waals surface area contributed by atoms with Crippen molar-refractivity contribution >= 4 is 46.3 Å². The van der Waals surface area contributed by atoms with Crippen LogP contribution in [0.2, 0.25) is 0 Å². The predicted octanol–water partition coefficient (Wildman–Crippen LogP) is 3.94. The number of hydrogen-bond acceptors (Lipinski definition) is 5. The highest BCUT2D eigenvalue weighted by Crippen LogP contribution is 2.34.